The summed E-state index contributed by atoms with van der Waals surface area (Å²) in [6, 6.07) is 8.85. The molecular weight excluding hydrogens is 284 g/mol. The fraction of sp³-hybridized carbons (Fsp3) is 0.500. The lowest BCUT2D eigenvalue weighted by molar-refractivity contribution is -0.145. The third-order valence-electron chi connectivity index (χ3n) is 2.66. The molecule has 0 fully saturated rings. The number of esters is 1. The van der Waals surface area contributed by atoms with Gasteiger partial charge in [-0.05, 0) is 26.3 Å². The molecule has 0 bridgehead atoms. The van der Waals surface area contributed by atoms with Crippen LogP contribution in [0.3, 0.4) is 0 Å². The van der Waals surface area contributed by atoms with E-state index in [4.69, 9.17) is 15.2 Å². The molecule has 1 aromatic rings. The maximum absolute atomic E-state index is 11.8. The van der Waals surface area contributed by atoms with Crippen LogP contribution in [0.15, 0.2) is 30.3 Å². The molecule has 1 atom stereocenters. The molecule has 0 aliphatic carbocycles. The van der Waals surface area contributed by atoms with Crippen LogP contribution in [0.25, 0.3) is 0 Å². The van der Waals surface area contributed by atoms with Gasteiger partial charge in [0.15, 0.2) is 0 Å². The number of hydrogen-bond donors (Lipinski definition) is 2. The van der Waals surface area contributed by atoms with Crippen molar-refractivity contribution in [2.75, 3.05) is 6.54 Å². The highest BCUT2D eigenvalue weighted by Crippen LogP contribution is 2.07. The summed E-state index contributed by atoms with van der Waals surface area (Å²) in [4.78, 5) is 23.4. The largest absolute Gasteiger partial charge is 0.461 e. The third-order valence-corrected chi connectivity index (χ3v) is 2.66. The Bertz CT molecular complexity index is 483. The van der Waals surface area contributed by atoms with Gasteiger partial charge in [0.1, 0.15) is 12.2 Å². The van der Waals surface area contributed by atoms with Gasteiger partial charge in [-0.25, -0.2) is 4.79 Å². The van der Waals surface area contributed by atoms with Crippen LogP contribution in [0.4, 0.5) is 4.79 Å². The molecule has 6 heteroatoms. The Morgan fingerprint density at radius 2 is 1.86 bits per heavy atom. The van der Waals surface area contributed by atoms with E-state index >= 15 is 0 Å². The number of hydrogen-bond acceptors (Lipinski definition) is 5. The van der Waals surface area contributed by atoms with E-state index in [2.05, 4.69) is 5.32 Å². The first-order valence-electron chi connectivity index (χ1n) is 7.19. The van der Waals surface area contributed by atoms with Crippen LogP contribution in [0.2, 0.25) is 0 Å². The molecule has 1 rings (SSSR count). The van der Waals surface area contributed by atoms with E-state index < -0.39 is 23.7 Å². The molecule has 122 valence electrons. The average molecular weight is 308 g/mol. The summed E-state index contributed by atoms with van der Waals surface area (Å²) >= 11 is 0. The van der Waals surface area contributed by atoms with Crippen LogP contribution in [-0.4, -0.2) is 30.3 Å². The first-order valence-corrected chi connectivity index (χ1v) is 7.19. The van der Waals surface area contributed by atoms with Crippen LogP contribution in [-0.2, 0) is 20.9 Å². The lowest BCUT2D eigenvalue weighted by Gasteiger charge is -2.22. The van der Waals surface area contributed by atoms with E-state index in [0.29, 0.717) is 0 Å². The van der Waals surface area contributed by atoms with E-state index in [1.54, 1.807) is 20.8 Å². The zero-order valence-electron chi connectivity index (χ0n) is 13.3. The number of alkyl carbamates (subject to hydrolysis) is 1. The van der Waals surface area contributed by atoms with Crippen molar-refractivity contribution in [3.8, 4) is 0 Å². The highest BCUT2D eigenvalue weighted by molar-refractivity contribution is 5.73. The van der Waals surface area contributed by atoms with Crippen molar-refractivity contribution in [3.63, 3.8) is 0 Å². The third kappa shape index (κ3) is 7.64. The molecule has 1 amide bonds. The first kappa shape index (κ1) is 18.0. The Hall–Kier alpha value is -2.08. The Balaban J connectivity index is 2.38. The van der Waals surface area contributed by atoms with Gasteiger partial charge in [-0.2, -0.15) is 0 Å². The molecule has 0 saturated heterocycles. The van der Waals surface area contributed by atoms with Crippen molar-refractivity contribution >= 4 is 12.1 Å². The molecule has 0 saturated carbocycles. The van der Waals surface area contributed by atoms with Gasteiger partial charge in [-0.1, -0.05) is 30.3 Å². The molecule has 0 aliphatic heterocycles. The van der Waals surface area contributed by atoms with E-state index in [-0.39, 0.29) is 19.6 Å². The van der Waals surface area contributed by atoms with Gasteiger partial charge in [0.05, 0.1) is 12.5 Å². The Morgan fingerprint density at radius 3 is 2.41 bits per heavy atom. The summed E-state index contributed by atoms with van der Waals surface area (Å²) in [5.41, 5.74) is 5.87. The topological polar surface area (TPSA) is 90.6 Å². The number of nitrogens with one attached hydrogen (secondary N) is 1. The van der Waals surface area contributed by atoms with Crippen molar-refractivity contribution in [2.45, 2.75) is 45.4 Å². The van der Waals surface area contributed by atoms with Crippen LogP contribution in [0.5, 0.6) is 0 Å². The van der Waals surface area contributed by atoms with Gasteiger partial charge in [0.2, 0.25) is 0 Å². The van der Waals surface area contributed by atoms with E-state index in [0.717, 1.165) is 5.56 Å². The zero-order chi connectivity index (χ0) is 16.6. The molecule has 3 N–H and O–H groups in total. The second-order valence-electron chi connectivity index (χ2n) is 5.93. The Labute approximate surface area is 131 Å². The van der Waals surface area contributed by atoms with Gasteiger partial charge in [-0.3, -0.25) is 4.79 Å². The van der Waals surface area contributed by atoms with E-state index in [1.165, 1.54) is 0 Å². The maximum atomic E-state index is 11.8. The fourth-order valence-corrected chi connectivity index (χ4v) is 1.67. The number of carbonyl (C=O) groups is 2. The predicted octanol–water partition coefficient (Wildman–Crippen LogP) is 1.97. The summed E-state index contributed by atoms with van der Waals surface area (Å²) in [5, 5.41) is 2.57. The van der Waals surface area contributed by atoms with Crippen LogP contribution < -0.4 is 11.1 Å². The normalized spacial score (nSPS) is 12.4. The lowest BCUT2D eigenvalue weighted by Crippen LogP contribution is -2.44. The number of rotatable bonds is 6. The number of ether oxygens (including phenoxy) is 2. The highest BCUT2D eigenvalue weighted by atomic mass is 16.6. The van der Waals surface area contributed by atoms with Gasteiger partial charge < -0.3 is 20.5 Å². The number of nitrogens with two attached hydrogens (primary N) is 1. The van der Waals surface area contributed by atoms with Crippen molar-refractivity contribution in [1.82, 2.24) is 5.32 Å². The van der Waals surface area contributed by atoms with Gasteiger partial charge in [0.25, 0.3) is 0 Å². The van der Waals surface area contributed by atoms with Crippen LogP contribution >= 0.6 is 0 Å². The molecule has 0 spiro atoms. The van der Waals surface area contributed by atoms with Gasteiger partial charge in [-0.15, -0.1) is 0 Å². The summed E-state index contributed by atoms with van der Waals surface area (Å²) in [7, 11) is 0. The minimum atomic E-state index is -0.600. The van der Waals surface area contributed by atoms with E-state index in [9.17, 15) is 9.59 Å². The van der Waals surface area contributed by atoms with Crippen LogP contribution in [0.1, 0.15) is 32.8 Å². The maximum Gasteiger partial charge on any atom is 0.407 e. The highest BCUT2D eigenvalue weighted by Gasteiger charge is 2.21. The van der Waals surface area contributed by atoms with Crippen molar-refractivity contribution in [3.05, 3.63) is 35.9 Å². The quantitative estimate of drug-likeness (QED) is 0.784. The molecule has 6 nitrogen and oxygen atoms in total. The smallest absolute Gasteiger partial charge is 0.407 e. The van der Waals surface area contributed by atoms with Gasteiger partial charge in [0, 0.05) is 6.54 Å². The molecule has 1 unspecified atom stereocenters. The summed E-state index contributed by atoms with van der Waals surface area (Å²) < 4.78 is 10.3. The Morgan fingerprint density at radius 1 is 1.23 bits per heavy atom. The molecular formula is C16H24N2O4. The lowest BCUT2D eigenvalue weighted by atomic mass is 10.2. The fourth-order valence-electron chi connectivity index (χ4n) is 1.67. The van der Waals surface area contributed by atoms with E-state index in [1.807, 2.05) is 30.3 Å². The second kappa shape index (κ2) is 8.38. The second-order valence-corrected chi connectivity index (χ2v) is 5.93. The van der Waals surface area contributed by atoms with Crippen molar-refractivity contribution < 1.29 is 19.1 Å². The SMILES string of the molecule is CC(C)(C)OC(=O)NC(CN)CC(=O)OCc1ccccc1. The first-order chi connectivity index (χ1) is 10.3. The summed E-state index contributed by atoms with van der Waals surface area (Å²) in [6.45, 7) is 5.61. The molecule has 1 aromatic carbocycles. The number of benzene rings is 1. The number of amides is 1. The minimum absolute atomic E-state index is 0.00256. The Kier molecular flexibility index (Phi) is 6.85. The van der Waals surface area contributed by atoms with Crippen molar-refractivity contribution in [1.29, 1.82) is 0 Å². The predicted molar refractivity (Wildman–Crippen MR) is 83.1 cm³/mol. The molecule has 0 radical (unpaired) electrons. The minimum Gasteiger partial charge on any atom is -0.461 e. The molecule has 0 aromatic heterocycles. The molecule has 22 heavy (non-hydrogen) atoms. The zero-order valence-corrected chi connectivity index (χ0v) is 13.3. The monoisotopic (exact) mass is 308 g/mol. The summed E-state index contributed by atoms with van der Waals surface area (Å²) in [5.74, 6) is -0.421. The average Bonchev–Trinajstić information content (AvgIpc) is 2.43. The standard InChI is InChI=1S/C16H24N2O4/c1-16(2,3)22-15(20)18-13(10-17)9-14(19)21-11-12-7-5-4-6-8-12/h4-8,13H,9-11,17H2,1-3H3,(H,18,20). The summed E-state index contributed by atoms with van der Waals surface area (Å²) in [6.07, 6.45) is -0.596. The van der Waals surface area contributed by atoms with Crippen molar-refractivity contribution in [2.24, 2.45) is 5.73 Å². The van der Waals surface area contributed by atoms with Crippen LogP contribution in [0, 0.1) is 0 Å². The van der Waals surface area contributed by atoms with Gasteiger partial charge >= 0.3 is 12.1 Å². The molecule has 0 heterocycles. The molecule has 0 aliphatic rings. The number of carbonyl (C=O) groups excluding carboxylic acids is 2.